The van der Waals surface area contributed by atoms with Crippen molar-refractivity contribution in [3.05, 3.63) is 34.9 Å². The highest BCUT2D eigenvalue weighted by Crippen LogP contribution is 2.20. The Balaban J connectivity index is 0.000000921. The van der Waals surface area contributed by atoms with Crippen molar-refractivity contribution >= 4 is 0 Å². The van der Waals surface area contributed by atoms with Gasteiger partial charge in [0.05, 0.1) is 0 Å². The number of benzene rings is 1. The molecule has 0 amide bonds. The minimum absolute atomic E-state index is 0.166. The van der Waals surface area contributed by atoms with E-state index in [1.54, 1.807) is 0 Å². The predicted octanol–water partition coefficient (Wildman–Crippen LogP) is 3.99. The third-order valence-electron chi connectivity index (χ3n) is 2.63. The van der Waals surface area contributed by atoms with E-state index in [1.165, 1.54) is 16.7 Å². The molecule has 0 fully saturated rings. The van der Waals surface area contributed by atoms with Crippen molar-refractivity contribution in [2.45, 2.75) is 47.6 Å². The van der Waals surface area contributed by atoms with Crippen molar-refractivity contribution in [2.24, 2.45) is 11.7 Å². The lowest BCUT2D eigenvalue weighted by molar-refractivity contribution is 0.514. The van der Waals surface area contributed by atoms with Crippen LogP contribution in [0.15, 0.2) is 18.2 Å². The molecule has 0 aliphatic carbocycles. The largest absolute Gasteiger partial charge is 0.324 e. The summed E-state index contributed by atoms with van der Waals surface area (Å²) in [6.07, 6.45) is 0. The summed E-state index contributed by atoms with van der Waals surface area (Å²) >= 11 is 0. The van der Waals surface area contributed by atoms with Crippen molar-refractivity contribution in [3.8, 4) is 0 Å². The molecular weight excluding hydrogens is 182 g/mol. The van der Waals surface area contributed by atoms with Gasteiger partial charge in [-0.15, -0.1) is 0 Å². The highest BCUT2D eigenvalue weighted by Gasteiger charge is 2.10. The Hall–Kier alpha value is -0.820. The zero-order valence-electron chi connectivity index (χ0n) is 11.0. The third kappa shape index (κ3) is 4.05. The molecule has 86 valence electrons. The maximum atomic E-state index is 6.06. The van der Waals surface area contributed by atoms with Gasteiger partial charge in [0.1, 0.15) is 0 Å². The molecule has 1 atom stereocenters. The Morgan fingerprint density at radius 1 is 1.00 bits per heavy atom. The molecule has 0 aromatic heterocycles. The maximum Gasteiger partial charge on any atom is 0.0318 e. The molecule has 0 saturated heterocycles. The van der Waals surface area contributed by atoms with Crippen molar-refractivity contribution < 1.29 is 0 Å². The smallest absolute Gasteiger partial charge is 0.0318 e. The molecule has 15 heavy (non-hydrogen) atoms. The van der Waals surface area contributed by atoms with Crippen LogP contribution >= 0.6 is 0 Å². The first-order chi connectivity index (χ1) is 7.02. The summed E-state index contributed by atoms with van der Waals surface area (Å²) in [4.78, 5) is 0. The molecule has 1 rings (SSSR count). The summed E-state index contributed by atoms with van der Waals surface area (Å²) in [6, 6.07) is 6.64. The molecule has 1 aromatic carbocycles. The summed E-state index contributed by atoms with van der Waals surface area (Å²) in [5, 5.41) is 0. The SMILES string of the molecule is CC.Cc1ccc(C(N)C(C)C)cc1C. The molecule has 0 aliphatic rings. The average Bonchev–Trinajstić information content (AvgIpc) is 2.24. The lowest BCUT2D eigenvalue weighted by Gasteiger charge is -2.17. The van der Waals surface area contributed by atoms with Gasteiger partial charge in [-0.1, -0.05) is 45.9 Å². The monoisotopic (exact) mass is 207 g/mol. The molecule has 1 nitrogen and oxygen atoms in total. The zero-order valence-corrected chi connectivity index (χ0v) is 11.0. The molecule has 0 bridgehead atoms. The zero-order chi connectivity index (χ0) is 12.0. The van der Waals surface area contributed by atoms with Gasteiger partial charge < -0.3 is 5.73 Å². The van der Waals surface area contributed by atoms with Crippen LogP contribution in [0.4, 0.5) is 0 Å². The fourth-order valence-corrected chi connectivity index (χ4v) is 1.36. The first-order valence-electron chi connectivity index (χ1n) is 5.85. The number of rotatable bonds is 2. The van der Waals surface area contributed by atoms with E-state index >= 15 is 0 Å². The van der Waals surface area contributed by atoms with Gasteiger partial charge in [-0.2, -0.15) is 0 Å². The van der Waals surface area contributed by atoms with Crippen LogP contribution < -0.4 is 5.73 Å². The topological polar surface area (TPSA) is 26.0 Å². The quantitative estimate of drug-likeness (QED) is 0.779. The maximum absolute atomic E-state index is 6.06. The molecule has 0 spiro atoms. The number of hydrogen-bond acceptors (Lipinski definition) is 1. The van der Waals surface area contributed by atoms with E-state index in [0.29, 0.717) is 5.92 Å². The van der Waals surface area contributed by atoms with Crippen LogP contribution in [0.5, 0.6) is 0 Å². The Bertz CT molecular complexity index is 289. The summed E-state index contributed by atoms with van der Waals surface area (Å²) < 4.78 is 0. The lowest BCUT2D eigenvalue weighted by atomic mass is 9.94. The highest BCUT2D eigenvalue weighted by atomic mass is 14.6. The molecule has 0 radical (unpaired) electrons. The Morgan fingerprint density at radius 2 is 1.53 bits per heavy atom. The van der Waals surface area contributed by atoms with Crippen molar-refractivity contribution in [2.75, 3.05) is 0 Å². The van der Waals surface area contributed by atoms with E-state index in [9.17, 15) is 0 Å². The van der Waals surface area contributed by atoms with Gasteiger partial charge in [0, 0.05) is 6.04 Å². The summed E-state index contributed by atoms with van der Waals surface area (Å²) in [7, 11) is 0. The van der Waals surface area contributed by atoms with Crippen LogP contribution in [-0.4, -0.2) is 0 Å². The minimum atomic E-state index is 0.166. The van der Waals surface area contributed by atoms with E-state index in [2.05, 4.69) is 45.9 Å². The van der Waals surface area contributed by atoms with E-state index in [1.807, 2.05) is 13.8 Å². The summed E-state index contributed by atoms with van der Waals surface area (Å²) in [5.41, 5.74) is 9.97. The molecule has 1 heteroatoms. The number of hydrogen-bond donors (Lipinski definition) is 1. The minimum Gasteiger partial charge on any atom is -0.324 e. The van der Waals surface area contributed by atoms with Crippen molar-refractivity contribution in [3.63, 3.8) is 0 Å². The fourth-order valence-electron chi connectivity index (χ4n) is 1.36. The van der Waals surface area contributed by atoms with Crippen LogP contribution in [-0.2, 0) is 0 Å². The van der Waals surface area contributed by atoms with E-state index < -0.39 is 0 Å². The van der Waals surface area contributed by atoms with Crippen molar-refractivity contribution in [1.29, 1.82) is 0 Å². The van der Waals surface area contributed by atoms with Gasteiger partial charge in [0.2, 0.25) is 0 Å². The molecule has 1 unspecified atom stereocenters. The van der Waals surface area contributed by atoms with E-state index in [0.717, 1.165) is 0 Å². The number of nitrogens with two attached hydrogens (primary N) is 1. The van der Waals surface area contributed by atoms with E-state index in [4.69, 9.17) is 5.73 Å². The number of aryl methyl sites for hydroxylation is 2. The molecule has 0 aliphatic heterocycles. The van der Waals surface area contributed by atoms with Crippen LogP contribution in [0.25, 0.3) is 0 Å². The lowest BCUT2D eigenvalue weighted by Crippen LogP contribution is -2.16. The molecule has 0 saturated carbocycles. The first kappa shape index (κ1) is 14.2. The van der Waals surface area contributed by atoms with Gasteiger partial charge in [-0.3, -0.25) is 0 Å². The molecular formula is C14H25N. The summed E-state index contributed by atoms with van der Waals surface area (Å²) in [5.74, 6) is 0.502. The van der Waals surface area contributed by atoms with Gasteiger partial charge in [-0.05, 0) is 36.5 Å². The Kier molecular flexibility index (Phi) is 6.26. The van der Waals surface area contributed by atoms with Gasteiger partial charge in [0.15, 0.2) is 0 Å². The second-order valence-electron chi connectivity index (χ2n) is 4.11. The molecule has 1 aromatic rings. The fraction of sp³-hybridized carbons (Fsp3) is 0.571. The molecule has 0 heterocycles. The van der Waals surface area contributed by atoms with Gasteiger partial charge >= 0.3 is 0 Å². The van der Waals surface area contributed by atoms with Crippen LogP contribution in [0, 0.1) is 19.8 Å². The average molecular weight is 207 g/mol. The van der Waals surface area contributed by atoms with Gasteiger partial charge in [0.25, 0.3) is 0 Å². The van der Waals surface area contributed by atoms with Crippen LogP contribution in [0.1, 0.15) is 50.4 Å². The standard InChI is InChI=1S/C12H19N.C2H6/c1-8(2)12(13)11-6-5-9(3)10(4)7-11;1-2/h5-8,12H,13H2,1-4H3;1-2H3. The Labute approximate surface area is 94.7 Å². The van der Waals surface area contributed by atoms with Crippen molar-refractivity contribution in [1.82, 2.24) is 0 Å². The normalized spacial score (nSPS) is 12.0. The second-order valence-corrected chi connectivity index (χ2v) is 4.11. The van der Waals surface area contributed by atoms with Crippen LogP contribution in [0.3, 0.4) is 0 Å². The second kappa shape index (κ2) is 6.62. The highest BCUT2D eigenvalue weighted by molar-refractivity contribution is 5.31. The van der Waals surface area contributed by atoms with Gasteiger partial charge in [-0.25, -0.2) is 0 Å². The van der Waals surface area contributed by atoms with E-state index in [-0.39, 0.29) is 6.04 Å². The molecule has 2 N–H and O–H groups in total. The summed E-state index contributed by atoms with van der Waals surface area (Å²) in [6.45, 7) is 12.6. The predicted molar refractivity (Wildman–Crippen MR) is 69.0 cm³/mol. The first-order valence-corrected chi connectivity index (χ1v) is 5.85. The Morgan fingerprint density at radius 3 is 1.93 bits per heavy atom. The van der Waals surface area contributed by atoms with Crippen LogP contribution in [0.2, 0.25) is 0 Å². The third-order valence-corrected chi connectivity index (χ3v) is 2.63.